The van der Waals surface area contributed by atoms with E-state index in [9.17, 15) is 0 Å². The summed E-state index contributed by atoms with van der Waals surface area (Å²) in [5.41, 5.74) is 1.05. The van der Waals surface area contributed by atoms with E-state index in [1.54, 1.807) is 17.7 Å². The van der Waals surface area contributed by atoms with E-state index < -0.39 is 0 Å². The zero-order chi connectivity index (χ0) is 11.5. The highest BCUT2D eigenvalue weighted by Gasteiger charge is 2.14. The summed E-state index contributed by atoms with van der Waals surface area (Å²) >= 11 is 1.71. The third-order valence-corrected chi connectivity index (χ3v) is 4.47. The lowest BCUT2D eigenvalue weighted by molar-refractivity contribution is 0.518. The standard InChI is InChI=1S/C13H17N3S/c1-2-4-10(3-1)5-7-14-13-12-11(6-8-17-12)15-9-16-13/h6,8-10H,1-5,7H2,(H,14,15,16). The van der Waals surface area contributed by atoms with Crippen LogP contribution in [0.5, 0.6) is 0 Å². The van der Waals surface area contributed by atoms with Crippen LogP contribution in [0.4, 0.5) is 5.82 Å². The van der Waals surface area contributed by atoms with Gasteiger partial charge in [0.1, 0.15) is 12.1 Å². The number of nitrogens with zero attached hydrogens (tertiary/aromatic N) is 2. The molecule has 1 fully saturated rings. The smallest absolute Gasteiger partial charge is 0.147 e. The first-order valence-electron chi connectivity index (χ1n) is 6.35. The average Bonchev–Trinajstić information content (AvgIpc) is 2.99. The predicted octanol–water partition coefficient (Wildman–Crippen LogP) is 3.68. The van der Waals surface area contributed by atoms with Gasteiger partial charge >= 0.3 is 0 Å². The molecular formula is C13H17N3S. The van der Waals surface area contributed by atoms with Crippen LogP contribution in [0.2, 0.25) is 0 Å². The van der Waals surface area contributed by atoms with Gasteiger partial charge in [-0.3, -0.25) is 0 Å². The van der Waals surface area contributed by atoms with Gasteiger partial charge in [-0.25, -0.2) is 9.97 Å². The molecule has 0 bridgehead atoms. The van der Waals surface area contributed by atoms with Crippen LogP contribution in [0, 0.1) is 5.92 Å². The molecule has 17 heavy (non-hydrogen) atoms. The Bertz CT molecular complexity index is 488. The highest BCUT2D eigenvalue weighted by Crippen LogP contribution is 2.28. The molecule has 0 spiro atoms. The van der Waals surface area contributed by atoms with Crippen LogP contribution < -0.4 is 5.32 Å². The number of fused-ring (bicyclic) bond motifs is 1. The second-order valence-electron chi connectivity index (χ2n) is 4.72. The topological polar surface area (TPSA) is 37.8 Å². The van der Waals surface area contributed by atoms with Crippen LogP contribution in [0.1, 0.15) is 32.1 Å². The molecule has 3 rings (SSSR count). The van der Waals surface area contributed by atoms with Crippen LogP contribution in [0.3, 0.4) is 0 Å². The van der Waals surface area contributed by atoms with Crippen molar-refractivity contribution in [3.8, 4) is 0 Å². The van der Waals surface area contributed by atoms with E-state index in [-0.39, 0.29) is 0 Å². The Morgan fingerprint density at radius 1 is 1.29 bits per heavy atom. The Kier molecular flexibility index (Phi) is 3.22. The van der Waals surface area contributed by atoms with E-state index in [0.717, 1.165) is 23.8 Å². The van der Waals surface area contributed by atoms with E-state index in [4.69, 9.17) is 0 Å². The normalized spacial score (nSPS) is 16.7. The molecule has 3 nitrogen and oxygen atoms in total. The van der Waals surface area contributed by atoms with Gasteiger partial charge in [0.25, 0.3) is 0 Å². The summed E-state index contributed by atoms with van der Waals surface area (Å²) in [5.74, 6) is 1.94. The first kappa shape index (κ1) is 11.0. The van der Waals surface area contributed by atoms with E-state index in [2.05, 4.69) is 20.7 Å². The van der Waals surface area contributed by atoms with E-state index in [0.29, 0.717) is 0 Å². The Balaban J connectivity index is 1.62. The predicted molar refractivity (Wildman–Crippen MR) is 72.5 cm³/mol. The lowest BCUT2D eigenvalue weighted by atomic mass is 10.0. The minimum atomic E-state index is 0.933. The maximum atomic E-state index is 4.33. The van der Waals surface area contributed by atoms with Crippen molar-refractivity contribution in [2.24, 2.45) is 5.92 Å². The minimum absolute atomic E-state index is 0.933. The van der Waals surface area contributed by atoms with Gasteiger partial charge in [-0.2, -0.15) is 0 Å². The fourth-order valence-corrected chi connectivity index (χ4v) is 3.42. The van der Waals surface area contributed by atoms with Crippen LogP contribution in [-0.4, -0.2) is 16.5 Å². The number of aromatic nitrogens is 2. The number of nitrogens with one attached hydrogen (secondary N) is 1. The Hall–Kier alpha value is -1.16. The summed E-state index contributed by atoms with van der Waals surface area (Å²) in [6.45, 7) is 1.04. The van der Waals surface area contributed by atoms with Crippen molar-refractivity contribution in [1.82, 2.24) is 9.97 Å². The van der Waals surface area contributed by atoms with Gasteiger partial charge in [-0.1, -0.05) is 25.7 Å². The SMILES string of the molecule is c1nc(NCCC2CCCC2)c2sccc2n1. The van der Waals surface area contributed by atoms with Crippen molar-refractivity contribution >= 4 is 27.4 Å². The fraction of sp³-hybridized carbons (Fsp3) is 0.538. The number of thiophene rings is 1. The molecule has 1 aliphatic rings. The summed E-state index contributed by atoms with van der Waals surface area (Å²) in [4.78, 5) is 8.58. The Morgan fingerprint density at radius 3 is 3.06 bits per heavy atom. The van der Waals surface area contributed by atoms with Gasteiger partial charge in [0.2, 0.25) is 0 Å². The molecule has 90 valence electrons. The number of hydrogen-bond donors (Lipinski definition) is 1. The molecular weight excluding hydrogens is 230 g/mol. The summed E-state index contributed by atoms with van der Waals surface area (Å²) in [5, 5.41) is 5.53. The monoisotopic (exact) mass is 247 g/mol. The lowest BCUT2D eigenvalue weighted by Crippen LogP contribution is -2.07. The average molecular weight is 247 g/mol. The van der Waals surface area contributed by atoms with E-state index >= 15 is 0 Å². The molecule has 1 aliphatic carbocycles. The third kappa shape index (κ3) is 2.41. The molecule has 2 aromatic rings. The summed E-state index contributed by atoms with van der Waals surface area (Å²) in [7, 11) is 0. The first-order chi connectivity index (χ1) is 8.43. The molecule has 2 heterocycles. The molecule has 1 N–H and O–H groups in total. The number of rotatable bonds is 4. The molecule has 4 heteroatoms. The van der Waals surface area contributed by atoms with Gasteiger partial charge in [-0.15, -0.1) is 11.3 Å². The van der Waals surface area contributed by atoms with Crippen molar-refractivity contribution in [3.63, 3.8) is 0 Å². The van der Waals surface area contributed by atoms with Crippen LogP contribution in [0.15, 0.2) is 17.8 Å². The van der Waals surface area contributed by atoms with Gasteiger partial charge in [0.05, 0.1) is 10.2 Å². The Morgan fingerprint density at radius 2 is 2.18 bits per heavy atom. The largest absolute Gasteiger partial charge is 0.369 e. The Labute approximate surface area is 105 Å². The van der Waals surface area contributed by atoms with Gasteiger partial charge in [0, 0.05) is 6.54 Å². The van der Waals surface area contributed by atoms with Crippen molar-refractivity contribution in [1.29, 1.82) is 0 Å². The highest BCUT2D eigenvalue weighted by molar-refractivity contribution is 7.17. The summed E-state index contributed by atoms with van der Waals surface area (Å²) in [6, 6.07) is 2.05. The maximum Gasteiger partial charge on any atom is 0.147 e. The molecule has 0 saturated heterocycles. The number of anilines is 1. The highest BCUT2D eigenvalue weighted by atomic mass is 32.1. The minimum Gasteiger partial charge on any atom is -0.369 e. The molecule has 0 atom stereocenters. The molecule has 2 aromatic heterocycles. The molecule has 0 aliphatic heterocycles. The zero-order valence-corrected chi connectivity index (χ0v) is 10.7. The van der Waals surface area contributed by atoms with Gasteiger partial charge in [-0.05, 0) is 23.8 Å². The molecule has 0 amide bonds. The third-order valence-electron chi connectivity index (χ3n) is 3.56. The number of hydrogen-bond acceptors (Lipinski definition) is 4. The first-order valence-corrected chi connectivity index (χ1v) is 7.23. The fourth-order valence-electron chi connectivity index (χ4n) is 2.61. The van der Waals surface area contributed by atoms with Crippen molar-refractivity contribution in [2.45, 2.75) is 32.1 Å². The molecule has 0 aromatic carbocycles. The van der Waals surface area contributed by atoms with Gasteiger partial charge < -0.3 is 5.32 Å². The molecule has 0 unspecified atom stereocenters. The van der Waals surface area contributed by atoms with Crippen molar-refractivity contribution in [3.05, 3.63) is 17.8 Å². The van der Waals surface area contributed by atoms with Crippen molar-refractivity contribution in [2.75, 3.05) is 11.9 Å². The van der Waals surface area contributed by atoms with Crippen molar-refractivity contribution < 1.29 is 0 Å². The summed E-state index contributed by atoms with van der Waals surface area (Å²) in [6.07, 6.45) is 8.60. The van der Waals surface area contributed by atoms with E-state index in [1.165, 1.54) is 36.8 Å². The second-order valence-corrected chi connectivity index (χ2v) is 5.64. The molecule has 1 saturated carbocycles. The molecule has 0 radical (unpaired) electrons. The maximum absolute atomic E-state index is 4.33. The van der Waals surface area contributed by atoms with Crippen LogP contribution >= 0.6 is 11.3 Å². The quantitative estimate of drug-likeness (QED) is 0.895. The zero-order valence-electron chi connectivity index (χ0n) is 9.85. The second kappa shape index (κ2) is 5.00. The van der Waals surface area contributed by atoms with Crippen LogP contribution in [0.25, 0.3) is 10.2 Å². The summed E-state index contributed by atoms with van der Waals surface area (Å²) < 4.78 is 1.18. The lowest BCUT2D eigenvalue weighted by Gasteiger charge is -2.10. The van der Waals surface area contributed by atoms with Crippen LogP contribution in [-0.2, 0) is 0 Å². The van der Waals surface area contributed by atoms with E-state index in [1.807, 2.05) is 6.07 Å². The van der Waals surface area contributed by atoms with Gasteiger partial charge in [0.15, 0.2) is 0 Å².